The van der Waals surface area contributed by atoms with Crippen LogP contribution in [0.2, 0.25) is 0 Å². The first-order chi connectivity index (χ1) is 7.25. The van der Waals surface area contributed by atoms with E-state index in [1.807, 2.05) is 12.3 Å². The molecule has 84 valence electrons. The van der Waals surface area contributed by atoms with Gasteiger partial charge in [0.1, 0.15) is 0 Å². The molecule has 0 amide bonds. The van der Waals surface area contributed by atoms with E-state index in [4.69, 9.17) is 0 Å². The molecule has 0 radical (unpaired) electrons. The van der Waals surface area contributed by atoms with Crippen molar-refractivity contribution in [2.75, 3.05) is 13.1 Å². The number of hydrogen-bond donors (Lipinski definition) is 0. The Morgan fingerprint density at radius 1 is 1.33 bits per heavy atom. The summed E-state index contributed by atoms with van der Waals surface area (Å²) in [5.41, 5.74) is 0. The third kappa shape index (κ3) is 2.81. The average Bonchev–Trinajstić information content (AvgIpc) is 2.71. The van der Waals surface area contributed by atoms with Gasteiger partial charge in [0.05, 0.1) is 0 Å². The molecule has 3 heteroatoms. The molecule has 1 aliphatic rings. The van der Waals surface area contributed by atoms with Gasteiger partial charge < -0.3 is 4.90 Å². The number of rotatable bonds is 3. The Labute approximate surface area is 92.1 Å². The smallest absolute Gasteiger partial charge is 0.0489 e. The molecule has 0 bridgehead atoms. The Balaban J connectivity index is 1.79. The SMILES string of the molecule is CC(C)N1CCC(Cn2cccn2)CC1. The monoisotopic (exact) mass is 207 g/mol. The maximum absolute atomic E-state index is 4.27. The van der Waals surface area contributed by atoms with Crippen molar-refractivity contribution in [3.05, 3.63) is 18.5 Å². The zero-order valence-corrected chi connectivity index (χ0v) is 9.76. The molecule has 0 spiro atoms. The molecule has 0 atom stereocenters. The lowest BCUT2D eigenvalue weighted by molar-refractivity contribution is 0.140. The van der Waals surface area contributed by atoms with Gasteiger partial charge in [0.25, 0.3) is 0 Å². The quantitative estimate of drug-likeness (QED) is 0.756. The molecule has 2 heterocycles. The van der Waals surface area contributed by atoms with Crippen LogP contribution >= 0.6 is 0 Å². The molecule has 1 saturated heterocycles. The van der Waals surface area contributed by atoms with Gasteiger partial charge in [0.2, 0.25) is 0 Å². The topological polar surface area (TPSA) is 21.1 Å². The van der Waals surface area contributed by atoms with Crippen molar-refractivity contribution in [3.8, 4) is 0 Å². The van der Waals surface area contributed by atoms with Crippen molar-refractivity contribution in [2.45, 2.75) is 39.3 Å². The summed E-state index contributed by atoms with van der Waals surface area (Å²) in [6, 6.07) is 2.71. The van der Waals surface area contributed by atoms with Crippen molar-refractivity contribution in [3.63, 3.8) is 0 Å². The number of piperidine rings is 1. The van der Waals surface area contributed by atoms with Gasteiger partial charge in [-0.15, -0.1) is 0 Å². The lowest BCUT2D eigenvalue weighted by Crippen LogP contribution is -2.39. The highest BCUT2D eigenvalue weighted by atomic mass is 15.3. The standard InChI is InChI=1S/C12H21N3/c1-11(2)14-8-4-12(5-9-14)10-15-7-3-6-13-15/h3,6-7,11-12H,4-5,8-10H2,1-2H3. The van der Waals surface area contributed by atoms with E-state index >= 15 is 0 Å². The average molecular weight is 207 g/mol. The molecule has 1 fully saturated rings. The summed E-state index contributed by atoms with van der Waals surface area (Å²) in [4.78, 5) is 2.57. The van der Waals surface area contributed by atoms with Gasteiger partial charge in [-0.3, -0.25) is 4.68 Å². The number of aromatic nitrogens is 2. The minimum atomic E-state index is 0.704. The van der Waals surface area contributed by atoms with E-state index in [0.29, 0.717) is 6.04 Å². The largest absolute Gasteiger partial charge is 0.301 e. The predicted octanol–water partition coefficient (Wildman–Crippen LogP) is 2.00. The van der Waals surface area contributed by atoms with Crippen LogP contribution < -0.4 is 0 Å². The first-order valence-corrected chi connectivity index (χ1v) is 5.97. The van der Waals surface area contributed by atoms with E-state index < -0.39 is 0 Å². The van der Waals surface area contributed by atoms with Crippen LogP contribution in [0.1, 0.15) is 26.7 Å². The molecule has 1 aromatic heterocycles. The first-order valence-electron chi connectivity index (χ1n) is 5.97. The highest BCUT2D eigenvalue weighted by Gasteiger charge is 2.20. The fourth-order valence-electron chi connectivity index (χ4n) is 2.32. The van der Waals surface area contributed by atoms with E-state index in [1.165, 1.54) is 25.9 Å². The molecule has 0 N–H and O–H groups in total. The van der Waals surface area contributed by atoms with E-state index in [-0.39, 0.29) is 0 Å². The van der Waals surface area contributed by atoms with Crippen LogP contribution in [0.3, 0.4) is 0 Å². The summed E-state index contributed by atoms with van der Waals surface area (Å²) in [5, 5.41) is 4.27. The summed E-state index contributed by atoms with van der Waals surface area (Å²) in [6.45, 7) is 8.17. The fraction of sp³-hybridized carbons (Fsp3) is 0.750. The molecule has 2 rings (SSSR count). The second kappa shape index (κ2) is 4.79. The Morgan fingerprint density at radius 3 is 2.60 bits per heavy atom. The molecular formula is C12H21N3. The van der Waals surface area contributed by atoms with Crippen LogP contribution in [0.15, 0.2) is 18.5 Å². The molecule has 0 aliphatic carbocycles. The highest BCUT2D eigenvalue weighted by Crippen LogP contribution is 2.20. The van der Waals surface area contributed by atoms with Gasteiger partial charge in [0, 0.05) is 25.0 Å². The Morgan fingerprint density at radius 2 is 2.07 bits per heavy atom. The third-order valence-electron chi connectivity index (χ3n) is 3.38. The fourth-order valence-corrected chi connectivity index (χ4v) is 2.32. The second-order valence-electron chi connectivity index (χ2n) is 4.80. The molecule has 1 aliphatic heterocycles. The zero-order chi connectivity index (χ0) is 10.7. The second-order valence-corrected chi connectivity index (χ2v) is 4.80. The summed E-state index contributed by atoms with van der Waals surface area (Å²) in [5.74, 6) is 0.819. The number of nitrogens with zero attached hydrogens (tertiary/aromatic N) is 3. The highest BCUT2D eigenvalue weighted by molar-refractivity contribution is 4.80. The molecule has 15 heavy (non-hydrogen) atoms. The van der Waals surface area contributed by atoms with Crippen LogP contribution in [0.5, 0.6) is 0 Å². The van der Waals surface area contributed by atoms with Crippen LogP contribution in [0.4, 0.5) is 0 Å². The molecular weight excluding hydrogens is 186 g/mol. The number of likely N-dealkylation sites (tertiary alicyclic amines) is 1. The first kappa shape index (κ1) is 10.7. The van der Waals surface area contributed by atoms with Crippen molar-refractivity contribution in [2.24, 2.45) is 5.92 Å². The van der Waals surface area contributed by atoms with E-state index in [1.54, 1.807) is 0 Å². The molecule has 0 aromatic carbocycles. The molecule has 0 saturated carbocycles. The Bertz CT molecular complexity index is 271. The van der Waals surface area contributed by atoms with Crippen LogP contribution in [-0.2, 0) is 6.54 Å². The van der Waals surface area contributed by atoms with Gasteiger partial charge in [0.15, 0.2) is 0 Å². The van der Waals surface area contributed by atoms with Gasteiger partial charge in [-0.2, -0.15) is 5.10 Å². The normalized spacial score (nSPS) is 19.9. The van der Waals surface area contributed by atoms with Gasteiger partial charge in [-0.1, -0.05) is 0 Å². The van der Waals surface area contributed by atoms with Crippen molar-refractivity contribution < 1.29 is 0 Å². The van der Waals surface area contributed by atoms with Gasteiger partial charge >= 0.3 is 0 Å². The third-order valence-corrected chi connectivity index (χ3v) is 3.38. The minimum absolute atomic E-state index is 0.704. The maximum atomic E-state index is 4.27. The predicted molar refractivity (Wildman–Crippen MR) is 61.7 cm³/mol. The van der Waals surface area contributed by atoms with Crippen LogP contribution in [0, 0.1) is 5.92 Å². The summed E-state index contributed by atoms with van der Waals surface area (Å²) in [7, 11) is 0. The lowest BCUT2D eigenvalue weighted by Gasteiger charge is -2.34. The molecule has 0 unspecified atom stereocenters. The van der Waals surface area contributed by atoms with E-state index in [9.17, 15) is 0 Å². The number of hydrogen-bond acceptors (Lipinski definition) is 2. The zero-order valence-electron chi connectivity index (χ0n) is 9.76. The summed E-state index contributed by atoms with van der Waals surface area (Å²) >= 11 is 0. The van der Waals surface area contributed by atoms with Crippen LogP contribution in [0.25, 0.3) is 0 Å². The van der Waals surface area contributed by atoms with Crippen molar-refractivity contribution >= 4 is 0 Å². The maximum Gasteiger partial charge on any atom is 0.0489 e. The van der Waals surface area contributed by atoms with Gasteiger partial charge in [-0.25, -0.2) is 0 Å². The van der Waals surface area contributed by atoms with Crippen LogP contribution in [-0.4, -0.2) is 33.8 Å². The van der Waals surface area contributed by atoms with Crippen molar-refractivity contribution in [1.29, 1.82) is 0 Å². The molecule has 3 nitrogen and oxygen atoms in total. The summed E-state index contributed by atoms with van der Waals surface area (Å²) < 4.78 is 2.07. The lowest BCUT2D eigenvalue weighted by atomic mass is 9.96. The Hall–Kier alpha value is -0.830. The van der Waals surface area contributed by atoms with Gasteiger partial charge in [-0.05, 0) is 51.8 Å². The van der Waals surface area contributed by atoms with Crippen molar-refractivity contribution in [1.82, 2.24) is 14.7 Å². The summed E-state index contributed by atoms with van der Waals surface area (Å²) in [6.07, 6.45) is 6.56. The Kier molecular flexibility index (Phi) is 3.41. The van der Waals surface area contributed by atoms with E-state index in [2.05, 4.69) is 34.7 Å². The molecule has 1 aromatic rings. The minimum Gasteiger partial charge on any atom is -0.301 e. The van der Waals surface area contributed by atoms with E-state index in [0.717, 1.165) is 12.5 Å².